The van der Waals surface area contributed by atoms with Crippen molar-refractivity contribution < 1.29 is 26.8 Å². The summed E-state index contributed by atoms with van der Waals surface area (Å²) in [5.41, 5.74) is 1.68. The Balaban J connectivity index is 1.39. The van der Waals surface area contributed by atoms with Gasteiger partial charge in [0.25, 0.3) is 15.2 Å². The molecule has 0 saturated carbocycles. The maximum Gasteiger partial charge on any atom is 0.262 e. The average molecular weight is 501 g/mol. The smallest absolute Gasteiger partial charge is 0.262 e. The van der Waals surface area contributed by atoms with Crippen LogP contribution in [0.1, 0.15) is 23.2 Å². The highest BCUT2D eigenvalue weighted by molar-refractivity contribution is 7.99. The molecule has 0 aliphatic carbocycles. The molecule has 4 rings (SSSR count). The van der Waals surface area contributed by atoms with E-state index in [1.54, 1.807) is 30.3 Å². The number of carbonyl (C=O) groups is 1. The highest BCUT2D eigenvalue weighted by Crippen LogP contribution is 2.29. The summed E-state index contributed by atoms with van der Waals surface area (Å²) >= 11 is 1.34. The van der Waals surface area contributed by atoms with E-state index in [1.165, 1.54) is 55.3 Å². The molecule has 34 heavy (non-hydrogen) atoms. The van der Waals surface area contributed by atoms with Crippen LogP contribution >= 0.6 is 11.8 Å². The minimum Gasteiger partial charge on any atom is -0.495 e. The number of anilines is 1. The monoisotopic (exact) mass is 500 g/mol. The molecular weight excluding hydrogens is 479 g/mol. The van der Waals surface area contributed by atoms with Gasteiger partial charge < -0.3 is 9.15 Å². The molecule has 0 saturated heterocycles. The highest BCUT2D eigenvalue weighted by atomic mass is 32.2. The standard InChI is InChI=1S/C24H21FN2O5S2/c1-31-22-7-3-2-5-19(22)27-34(29,30)18-12-13-23-20(15-18)26-24(32-23)33-14-4-6-21(28)16-8-10-17(25)11-9-16/h2-3,5,7-13,15,27H,4,6,14H2,1H3. The number of carbonyl (C=O) groups excluding carboxylic acids is 1. The van der Waals surface area contributed by atoms with Crippen molar-refractivity contribution in [3.8, 4) is 5.75 Å². The second-order valence-electron chi connectivity index (χ2n) is 7.30. The largest absolute Gasteiger partial charge is 0.495 e. The molecule has 1 N–H and O–H groups in total. The van der Waals surface area contributed by atoms with Crippen molar-refractivity contribution in [1.82, 2.24) is 4.98 Å². The average Bonchev–Trinajstić information content (AvgIpc) is 3.24. The van der Waals surface area contributed by atoms with Gasteiger partial charge in [0.15, 0.2) is 11.4 Å². The molecule has 0 radical (unpaired) electrons. The molecule has 176 valence electrons. The van der Waals surface area contributed by atoms with Gasteiger partial charge >= 0.3 is 0 Å². The van der Waals surface area contributed by atoms with Crippen LogP contribution in [0.15, 0.2) is 81.3 Å². The molecule has 0 bridgehead atoms. The number of aromatic nitrogens is 1. The van der Waals surface area contributed by atoms with Gasteiger partial charge in [0.1, 0.15) is 17.1 Å². The molecule has 0 amide bonds. The third-order valence-electron chi connectivity index (χ3n) is 4.94. The zero-order valence-electron chi connectivity index (χ0n) is 18.2. The van der Waals surface area contributed by atoms with Crippen LogP contribution in [0.2, 0.25) is 0 Å². The minimum absolute atomic E-state index is 0.0423. The number of thioether (sulfide) groups is 1. The lowest BCUT2D eigenvalue weighted by atomic mass is 10.1. The Kier molecular flexibility index (Phi) is 7.18. The van der Waals surface area contributed by atoms with Gasteiger partial charge in [-0.25, -0.2) is 17.8 Å². The lowest BCUT2D eigenvalue weighted by Gasteiger charge is -2.11. The number of nitrogens with one attached hydrogen (secondary N) is 1. The Morgan fingerprint density at radius 2 is 1.88 bits per heavy atom. The summed E-state index contributed by atoms with van der Waals surface area (Å²) in [5.74, 6) is 0.552. The fourth-order valence-corrected chi connectivity index (χ4v) is 5.08. The number of hydrogen-bond acceptors (Lipinski definition) is 7. The van der Waals surface area contributed by atoms with Gasteiger partial charge in [-0.05, 0) is 61.0 Å². The van der Waals surface area contributed by atoms with Gasteiger partial charge in [-0.15, -0.1) is 0 Å². The van der Waals surface area contributed by atoms with E-state index in [9.17, 15) is 17.6 Å². The van der Waals surface area contributed by atoms with E-state index in [4.69, 9.17) is 9.15 Å². The number of para-hydroxylation sites is 2. The summed E-state index contributed by atoms with van der Waals surface area (Å²) in [4.78, 5) is 16.6. The number of ketones is 1. The molecule has 0 spiro atoms. The zero-order valence-corrected chi connectivity index (χ0v) is 19.8. The number of hydrogen-bond donors (Lipinski definition) is 1. The molecule has 1 aromatic heterocycles. The molecule has 0 aliphatic rings. The molecule has 7 nitrogen and oxygen atoms in total. The van der Waals surface area contributed by atoms with E-state index >= 15 is 0 Å². The summed E-state index contributed by atoms with van der Waals surface area (Å²) < 4.78 is 52.1. The van der Waals surface area contributed by atoms with Gasteiger partial charge in [0.2, 0.25) is 0 Å². The number of benzene rings is 3. The number of oxazole rings is 1. The van der Waals surface area contributed by atoms with Crippen LogP contribution in [0.4, 0.5) is 10.1 Å². The van der Waals surface area contributed by atoms with Crippen molar-refractivity contribution in [2.45, 2.75) is 23.0 Å². The zero-order chi connectivity index (χ0) is 24.1. The number of rotatable bonds is 10. The van der Waals surface area contributed by atoms with Crippen LogP contribution in [0, 0.1) is 5.82 Å². The second kappa shape index (κ2) is 10.3. The van der Waals surface area contributed by atoms with Crippen molar-refractivity contribution in [2.24, 2.45) is 0 Å². The molecule has 3 aromatic carbocycles. The summed E-state index contributed by atoms with van der Waals surface area (Å²) in [5, 5.41) is 0.386. The van der Waals surface area contributed by atoms with Crippen molar-refractivity contribution in [3.63, 3.8) is 0 Å². The van der Waals surface area contributed by atoms with Crippen LogP contribution in [-0.2, 0) is 10.0 Å². The number of halogens is 1. The molecule has 10 heteroatoms. The summed E-state index contributed by atoms with van der Waals surface area (Å²) in [6, 6.07) is 16.6. The molecule has 0 atom stereocenters. The topological polar surface area (TPSA) is 98.5 Å². The number of fused-ring (bicyclic) bond motifs is 1. The predicted molar refractivity (Wildman–Crippen MR) is 129 cm³/mol. The number of methoxy groups -OCH3 is 1. The lowest BCUT2D eigenvalue weighted by molar-refractivity contribution is 0.0982. The Hall–Kier alpha value is -3.37. The lowest BCUT2D eigenvalue weighted by Crippen LogP contribution is -2.13. The Labute approximate surface area is 200 Å². The normalized spacial score (nSPS) is 11.5. The van der Waals surface area contributed by atoms with E-state index in [1.807, 2.05) is 0 Å². The van der Waals surface area contributed by atoms with Gasteiger partial charge in [0.05, 0.1) is 17.7 Å². The van der Waals surface area contributed by atoms with Gasteiger partial charge in [-0.2, -0.15) is 0 Å². The van der Waals surface area contributed by atoms with Crippen LogP contribution in [0.25, 0.3) is 11.1 Å². The first-order chi connectivity index (χ1) is 16.4. The van der Waals surface area contributed by atoms with E-state index in [0.29, 0.717) is 51.9 Å². The van der Waals surface area contributed by atoms with Crippen LogP contribution < -0.4 is 9.46 Å². The highest BCUT2D eigenvalue weighted by Gasteiger charge is 2.18. The third kappa shape index (κ3) is 5.57. The van der Waals surface area contributed by atoms with Crippen molar-refractivity contribution in [2.75, 3.05) is 17.6 Å². The van der Waals surface area contributed by atoms with Gasteiger partial charge in [-0.1, -0.05) is 23.9 Å². The Morgan fingerprint density at radius 3 is 2.65 bits per heavy atom. The summed E-state index contributed by atoms with van der Waals surface area (Å²) in [7, 11) is -2.40. The maximum absolute atomic E-state index is 13.0. The first-order valence-corrected chi connectivity index (χ1v) is 12.8. The number of sulfonamides is 1. The van der Waals surface area contributed by atoms with Gasteiger partial charge in [0, 0.05) is 17.7 Å². The molecule has 0 fully saturated rings. The number of Topliss-reactive ketones (excluding diaryl/α,β-unsaturated/α-hetero) is 1. The molecule has 4 aromatic rings. The van der Waals surface area contributed by atoms with E-state index < -0.39 is 10.0 Å². The molecule has 0 aliphatic heterocycles. The Bertz CT molecular complexity index is 1420. The van der Waals surface area contributed by atoms with E-state index in [0.717, 1.165) is 0 Å². The number of nitrogens with zero attached hydrogens (tertiary/aromatic N) is 1. The van der Waals surface area contributed by atoms with Crippen LogP contribution in [0.5, 0.6) is 5.75 Å². The van der Waals surface area contributed by atoms with E-state index in [-0.39, 0.29) is 16.5 Å². The first kappa shape index (κ1) is 23.8. The fraction of sp³-hybridized carbons (Fsp3) is 0.167. The van der Waals surface area contributed by atoms with Crippen molar-refractivity contribution >= 4 is 44.4 Å². The molecular formula is C24H21FN2O5S2. The first-order valence-electron chi connectivity index (χ1n) is 10.3. The molecule has 1 heterocycles. The molecule has 0 unspecified atom stereocenters. The quantitative estimate of drug-likeness (QED) is 0.174. The summed E-state index contributed by atoms with van der Waals surface area (Å²) in [6.45, 7) is 0. The van der Waals surface area contributed by atoms with Crippen molar-refractivity contribution in [1.29, 1.82) is 0 Å². The van der Waals surface area contributed by atoms with Crippen LogP contribution in [-0.4, -0.2) is 32.0 Å². The fourth-order valence-electron chi connectivity index (χ4n) is 3.22. The van der Waals surface area contributed by atoms with Crippen molar-refractivity contribution in [3.05, 3.63) is 78.1 Å². The SMILES string of the molecule is COc1ccccc1NS(=O)(=O)c1ccc2oc(SCCCC(=O)c3ccc(F)cc3)nc2c1. The number of ether oxygens (including phenoxy) is 1. The minimum atomic E-state index is -3.87. The second-order valence-corrected chi connectivity index (χ2v) is 10.0. The third-order valence-corrected chi connectivity index (χ3v) is 7.22. The van der Waals surface area contributed by atoms with Gasteiger partial charge in [-0.3, -0.25) is 9.52 Å². The Morgan fingerprint density at radius 1 is 1.12 bits per heavy atom. The maximum atomic E-state index is 13.0. The van der Waals surface area contributed by atoms with Crippen LogP contribution in [0.3, 0.4) is 0 Å². The summed E-state index contributed by atoms with van der Waals surface area (Å²) in [6.07, 6.45) is 0.901. The van der Waals surface area contributed by atoms with E-state index in [2.05, 4.69) is 9.71 Å². The predicted octanol–water partition coefficient (Wildman–Crippen LogP) is 5.53.